The van der Waals surface area contributed by atoms with Crippen molar-refractivity contribution >= 4 is 12.0 Å². The van der Waals surface area contributed by atoms with Gasteiger partial charge in [0.2, 0.25) is 5.95 Å². The molecule has 0 unspecified atom stereocenters. The molecule has 2 rings (SSSR count). The number of hydrogen-bond acceptors (Lipinski definition) is 6. The molecule has 0 aliphatic rings. The van der Waals surface area contributed by atoms with Crippen LogP contribution in [0.1, 0.15) is 30.6 Å². The van der Waals surface area contributed by atoms with Crippen LogP contribution in [0, 0.1) is 13.8 Å². The van der Waals surface area contributed by atoms with E-state index in [1.165, 1.54) is 0 Å². The summed E-state index contributed by atoms with van der Waals surface area (Å²) in [5.74, 6) is 1.17. The Morgan fingerprint density at radius 2 is 1.88 bits per heavy atom. The highest BCUT2D eigenvalue weighted by Crippen LogP contribution is 2.12. The zero-order chi connectivity index (χ0) is 12.3. The average molecular weight is 233 g/mol. The van der Waals surface area contributed by atoms with E-state index in [4.69, 9.17) is 4.52 Å². The Bertz CT molecular complexity index is 488. The molecule has 0 saturated carbocycles. The SMILES string of the molecule is CCCc1noc(Nc2nc(C)cc(C)n2)n1. The molecule has 90 valence electrons. The van der Waals surface area contributed by atoms with E-state index >= 15 is 0 Å². The lowest BCUT2D eigenvalue weighted by molar-refractivity contribution is 0.424. The molecule has 1 N–H and O–H groups in total. The number of hydrogen-bond donors (Lipinski definition) is 1. The summed E-state index contributed by atoms with van der Waals surface area (Å²) in [5.41, 5.74) is 1.79. The highest BCUT2D eigenvalue weighted by Gasteiger charge is 2.07. The van der Waals surface area contributed by atoms with Crippen LogP contribution in [0.5, 0.6) is 0 Å². The fourth-order valence-corrected chi connectivity index (χ4v) is 1.51. The Balaban J connectivity index is 2.13. The Hall–Kier alpha value is -1.98. The summed E-state index contributed by atoms with van der Waals surface area (Å²) in [5, 5.41) is 6.74. The number of rotatable bonds is 4. The van der Waals surface area contributed by atoms with Gasteiger partial charge in [0.15, 0.2) is 5.82 Å². The first-order valence-electron chi connectivity index (χ1n) is 5.59. The fraction of sp³-hybridized carbons (Fsp3) is 0.455. The molecular weight excluding hydrogens is 218 g/mol. The van der Waals surface area contributed by atoms with Crippen molar-refractivity contribution in [1.82, 2.24) is 20.1 Å². The minimum Gasteiger partial charge on any atom is -0.315 e. The van der Waals surface area contributed by atoms with Crippen LogP contribution in [0.3, 0.4) is 0 Å². The number of anilines is 2. The summed E-state index contributed by atoms with van der Waals surface area (Å²) in [4.78, 5) is 12.7. The third-order valence-corrected chi connectivity index (χ3v) is 2.14. The van der Waals surface area contributed by atoms with Crippen molar-refractivity contribution in [2.75, 3.05) is 5.32 Å². The van der Waals surface area contributed by atoms with Gasteiger partial charge in [-0.3, -0.25) is 5.32 Å². The third-order valence-electron chi connectivity index (χ3n) is 2.14. The van der Waals surface area contributed by atoms with E-state index in [1.807, 2.05) is 19.9 Å². The van der Waals surface area contributed by atoms with E-state index in [2.05, 4.69) is 32.3 Å². The van der Waals surface area contributed by atoms with Crippen LogP contribution in [0.25, 0.3) is 0 Å². The van der Waals surface area contributed by atoms with Gasteiger partial charge in [-0.05, 0) is 26.3 Å². The molecular formula is C11H15N5O. The van der Waals surface area contributed by atoms with Crippen molar-refractivity contribution in [3.63, 3.8) is 0 Å². The normalized spacial score (nSPS) is 10.5. The van der Waals surface area contributed by atoms with Crippen molar-refractivity contribution in [2.24, 2.45) is 0 Å². The Labute approximate surface area is 99.5 Å². The second kappa shape index (κ2) is 4.90. The Kier molecular flexibility index (Phi) is 3.32. The van der Waals surface area contributed by atoms with Crippen LogP contribution >= 0.6 is 0 Å². The van der Waals surface area contributed by atoms with E-state index in [1.54, 1.807) is 0 Å². The fourth-order valence-electron chi connectivity index (χ4n) is 1.51. The van der Waals surface area contributed by atoms with Crippen molar-refractivity contribution < 1.29 is 4.52 Å². The molecule has 0 fully saturated rings. The molecule has 2 aromatic rings. The third kappa shape index (κ3) is 2.99. The van der Waals surface area contributed by atoms with Gasteiger partial charge in [-0.2, -0.15) is 4.98 Å². The van der Waals surface area contributed by atoms with Crippen LogP contribution in [-0.2, 0) is 6.42 Å². The molecule has 17 heavy (non-hydrogen) atoms. The molecule has 0 saturated heterocycles. The molecule has 6 heteroatoms. The van der Waals surface area contributed by atoms with Crippen molar-refractivity contribution in [2.45, 2.75) is 33.6 Å². The van der Waals surface area contributed by atoms with E-state index in [-0.39, 0.29) is 0 Å². The molecule has 2 heterocycles. The lowest BCUT2D eigenvalue weighted by Gasteiger charge is -2.01. The second-order valence-electron chi connectivity index (χ2n) is 3.87. The summed E-state index contributed by atoms with van der Waals surface area (Å²) in [6.07, 6.45) is 1.79. The maximum Gasteiger partial charge on any atom is 0.328 e. The minimum atomic E-state index is 0.332. The molecule has 0 radical (unpaired) electrons. The molecule has 0 aliphatic heterocycles. The molecule has 6 nitrogen and oxygen atoms in total. The first-order valence-corrected chi connectivity index (χ1v) is 5.59. The molecule has 0 amide bonds. The largest absolute Gasteiger partial charge is 0.328 e. The number of aryl methyl sites for hydroxylation is 3. The van der Waals surface area contributed by atoms with Gasteiger partial charge in [-0.25, -0.2) is 9.97 Å². The lowest BCUT2D eigenvalue weighted by Crippen LogP contribution is -2.00. The van der Waals surface area contributed by atoms with Crippen LogP contribution in [-0.4, -0.2) is 20.1 Å². The average Bonchev–Trinajstić information content (AvgIpc) is 2.64. The summed E-state index contributed by atoms with van der Waals surface area (Å²) in [7, 11) is 0. The smallest absolute Gasteiger partial charge is 0.315 e. The van der Waals surface area contributed by atoms with E-state index in [0.29, 0.717) is 17.8 Å². The van der Waals surface area contributed by atoms with Gasteiger partial charge in [0, 0.05) is 17.8 Å². The molecule has 2 aromatic heterocycles. The highest BCUT2D eigenvalue weighted by molar-refractivity contribution is 5.40. The number of nitrogens with zero attached hydrogens (tertiary/aromatic N) is 4. The summed E-state index contributed by atoms with van der Waals surface area (Å²) in [6, 6.07) is 2.24. The molecule has 0 spiro atoms. The van der Waals surface area contributed by atoms with E-state index in [0.717, 1.165) is 24.2 Å². The molecule has 0 bridgehead atoms. The topological polar surface area (TPSA) is 76.7 Å². The van der Waals surface area contributed by atoms with Gasteiger partial charge >= 0.3 is 6.01 Å². The van der Waals surface area contributed by atoms with E-state index in [9.17, 15) is 0 Å². The molecule has 0 atom stereocenters. The maximum absolute atomic E-state index is 5.05. The monoisotopic (exact) mass is 233 g/mol. The predicted octanol–water partition coefficient (Wildman–Crippen LogP) is 2.17. The standard InChI is InChI=1S/C11H15N5O/c1-4-5-9-14-11(17-16-9)15-10-12-7(2)6-8(3)13-10/h6H,4-5H2,1-3H3,(H,12,13,14,15,16). The van der Waals surface area contributed by atoms with Gasteiger partial charge in [0.1, 0.15) is 0 Å². The first kappa shape index (κ1) is 11.5. The van der Waals surface area contributed by atoms with Gasteiger partial charge in [0.25, 0.3) is 0 Å². The minimum absolute atomic E-state index is 0.332. The zero-order valence-corrected chi connectivity index (χ0v) is 10.2. The molecule has 0 aromatic carbocycles. The van der Waals surface area contributed by atoms with Crippen molar-refractivity contribution in [1.29, 1.82) is 0 Å². The second-order valence-corrected chi connectivity index (χ2v) is 3.87. The highest BCUT2D eigenvalue weighted by atomic mass is 16.5. The predicted molar refractivity (Wildman–Crippen MR) is 63.1 cm³/mol. The quantitative estimate of drug-likeness (QED) is 0.872. The van der Waals surface area contributed by atoms with Crippen LogP contribution in [0.4, 0.5) is 12.0 Å². The summed E-state index contributed by atoms with van der Waals surface area (Å²) >= 11 is 0. The van der Waals surface area contributed by atoms with Crippen LogP contribution in [0.2, 0.25) is 0 Å². The summed E-state index contributed by atoms with van der Waals surface area (Å²) < 4.78 is 5.05. The van der Waals surface area contributed by atoms with E-state index < -0.39 is 0 Å². The van der Waals surface area contributed by atoms with Crippen molar-refractivity contribution in [3.8, 4) is 0 Å². The van der Waals surface area contributed by atoms with Crippen molar-refractivity contribution in [3.05, 3.63) is 23.3 Å². The van der Waals surface area contributed by atoms with Gasteiger partial charge < -0.3 is 4.52 Å². The first-order chi connectivity index (χ1) is 8.17. The van der Waals surface area contributed by atoms with Crippen LogP contribution in [0.15, 0.2) is 10.6 Å². The lowest BCUT2D eigenvalue weighted by atomic mass is 10.3. The van der Waals surface area contributed by atoms with Gasteiger partial charge in [-0.1, -0.05) is 12.1 Å². The number of nitrogens with one attached hydrogen (secondary N) is 1. The Morgan fingerprint density at radius 3 is 2.53 bits per heavy atom. The van der Waals surface area contributed by atoms with Gasteiger partial charge in [0.05, 0.1) is 0 Å². The zero-order valence-electron chi connectivity index (χ0n) is 10.2. The summed E-state index contributed by atoms with van der Waals surface area (Å²) in [6.45, 7) is 5.89. The maximum atomic E-state index is 5.05. The Morgan fingerprint density at radius 1 is 1.18 bits per heavy atom. The molecule has 0 aliphatic carbocycles. The number of aromatic nitrogens is 4. The van der Waals surface area contributed by atoms with Gasteiger partial charge in [-0.15, -0.1) is 0 Å². The van der Waals surface area contributed by atoms with Crippen LogP contribution < -0.4 is 5.32 Å².